The molecule has 2 aromatic rings. The molecule has 1 aliphatic heterocycles. The Kier molecular flexibility index (Phi) is 6.84. The molecule has 0 unspecified atom stereocenters. The van der Waals surface area contributed by atoms with Crippen molar-refractivity contribution in [3.63, 3.8) is 0 Å². The SMILES string of the molecule is NC(=O)[C@H]1CCCN(C(=O)COC(=O)c2ccc(OCc3ccccc3)cc2)C1. The van der Waals surface area contributed by atoms with Gasteiger partial charge in [-0.3, -0.25) is 9.59 Å². The molecule has 152 valence electrons. The van der Waals surface area contributed by atoms with Gasteiger partial charge in [-0.1, -0.05) is 30.3 Å². The van der Waals surface area contributed by atoms with Crippen LogP contribution in [0.15, 0.2) is 54.6 Å². The number of primary amides is 1. The van der Waals surface area contributed by atoms with E-state index in [9.17, 15) is 14.4 Å². The van der Waals surface area contributed by atoms with Gasteiger partial charge in [-0.25, -0.2) is 4.79 Å². The average molecular weight is 396 g/mol. The van der Waals surface area contributed by atoms with Crippen LogP contribution >= 0.6 is 0 Å². The number of piperidine rings is 1. The van der Waals surface area contributed by atoms with Gasteiger partial charge >= 0.3 is 5.97 Å². The number of benzene rings is 2. The summed E-state index contributed by atoms with van der Waals surface area (Å²) in [6.07, 6.45) is 1.38. The summed E-state index contributed by atoms with van der Waals surface area (Å²) in [5.41, 5.74) is 6.70. The van der Waals surface area contributed by atoms with Gasteiger partial charge in [-0.05, 0) is 42.7 Å². The number of ether oxygens (including phenoxy) is 2. The standard InChI is InChI=1S/C22H24N2O5/c23-21(26)18-7-4-12-24(13-18)20(25)15-29-22(27)17-8-10-19(11-9-17)28-14-16-5-2-1-3-6-16/h1-3,5-6,8-11,18H,4,7,12-15H2,(H2,23,26)/t18-/m0/s1. The van der Waals surface area contributed by atoms with Crippen molar-refractivity contribution in [3.8, 4) is 5.75 Å². The highest BCUT2D eigenvalue weighted by Gasteiger charge is 2.27. The molecule has 0 aromatic heterocycles. The van der Waals surface area contributed by atoms with Crippen molar-refractivity contribution in [2.75, 3.05) is 19.7 Å². The average Bonchev–Trinajstić information content (AvgIpc) is 2.77. The van der Waals surface area contributed by atoms with Crippen molar-refractivity contribution >= 4 is 17.8 Å². The minimum Gasteiger partial charge on any atom is -0.489 e. The van der Waals surface area contributed by atoms with Crippen molar-refractivity contribution in [1.29, 1.82) is 0 Å². The van der Waals surface area contributed by atoms with E-state index >= 15 is 0 Å². The zero-order valence-corrected chi connectivity index (χ0v) is 16.1. The summed E-state index contributed by atoms with van der Waals surface area (Å²) in [5, 5.41) is 0. The molecule has 0 radical (unpaired) electrons. The van der Waals surface area contributed by atoms with Crippen LogP contribution in [0.25, 0.3) is 0 Å². The first-order valence-electron chi connectivity index (χ1n) is 9.54. The number of rotatable bonds is 7. The zero-order chi connectivity index (χ0) is 20.6. The van der Waals surface area contributed by atoms with E-state index in [1.165, 1.54) is 4.90 Å². The number of amides is 2. The third kappa shape index (κ3) is 5.81. The quantitative estimate of drug-likeness (QED) is 0.723. The van der Waals surface area contributed by atoms with Gasteiger partial charge in [0.25, 0.3) is 5.91 Å². The Morgan fingerprint density at radius 3 is 2.45 bits per heavy atom. The van der Waals surface area contributed by atoms with E-state index in [0.29, 0.717) is 37.3 Å². The molecular weight excluding hydrogens is 372 g/mol. The van der Waals surface area contributed by atoms with Crippen LogP contribution in [-0.4, -0.2) is 42.4 Å². The molecule has 2 aromatic carbocycles. The Labute approximate surface area is 169 Å². The molecule has 0 aliphatic carbocycles. The van der Waals surface area contributed by atoms with E-state index < -0.39 is 11.9 Å². The molecule has 0 bridgehead atoms. The van der Waals surface area contributed by atoms with E-state index in [1.807, 2.05) is 30.3 Å². The van der Waals surface area contributed by atoms with Gasteiger partial charge in [-0.15, -0.1) is 0 Å². The fourth-order valence-electron chi connectivity index (χ4n) is 3.17. The molecule has 1 atom stereocenters. The van der Waals surface area contributed by atoms with Gasteiger partial charge in [-0.2, -0.15) is 0 Å². The Morgan fingerprint density at radius 1 is 1.03 bits per heavy atom. The zero-order valence-electron chi connectivity index (χ0n) is 16.1. The predicted molar refractivity (Wildman–Crippen MR) is 106 cm³/mol. The Morgan fingerprint density at radius 2 is 1.76 bits per heavy atom. The van der Waals surface area contributed by atoms with Crippen molar-refractivity contribution in [2.45, 2.75) is 19.4 Å². The van der Waals surface area contributed by atoms with Crippen molar-refractivity contribution < 1.29 is 23.9 Å². The summed E-state index contributed by atoms with van der Waals surface area (Å²) in [7, 11) is 0. The maximum atomic E-state index is 12.3. The summed E-state index contributed by atoms with van der Waals surface area (Å²) >= 11 is 0. The van der Waals surface area contributed by atoms with Crippen LogP contribution in [0.1, 0.15) is 28.8 Å². The van der Waals surface area contributed by atoms with Gasteiger partial charge in [0.1, 0.15) is 12.4 Å². The predicted octanol–water partition coefficient (Wildman–Crippen LogP) is 2.15. The molecule has 29 heavy (non-hydrogen) atoms. The van der Waals surface area contributed by atoms with Crippen LogP contribution in [0.2, 0.25) is 0 Å². The second-order valence-corrected chi connectivity index (χ2v) is 6.96. The number of nitrogens with two attached hydrogens (primary N) is 1. The van der Waals surface area contributed by atoms with E-state index in [4.69, 9.17) is 15.2 Å². The van der Waals surface area contributed by atoms with Crippen molar-refractivity contribution in [2.24, 2.45) is 11.7 Å². The van der Waals surface area contributed by atoms with Crippen LogP contribution in [0.4, 0.5) is 0 Å². The first kappa shape index (κ1) is 20.4. The summed E-state index contributed by atoms with van der Waals surface area (Å²) in [6.45, 7) is 0.880. The normalized spacial score (nSPS) is 16.1. The minimum absolute atomic E-state index is 0.277. The van der Waals surface area contributed by atoms with Gasteiger partial charge in [0.05, 0.1) is 11.5 Å². The molecule has 1 saturated heterocycles. The number of carbonyl (C=O) groups excluding carboxylic acids is 3. The number of hydrogen-bond acceptors (Lipinski definition) is 5. The first-order valence-corrected chi connectivity index (χ1v) is 9.54. The van der Waals surface area contributed by atoms with E-state index in [1.54, 1.807) is 24.3 Å². The number of carbonyl (C=O) groups is 3. The summed E-state index contributed by atoms with van der Waals surface area (Å²) in [5.74, 6) is -1.03. The Balaban J connectivity index is 1.46. The lowest BCUT2D eigenvalue weighted by atomic mass is 9.97. The first-order chi connectivity index (χ1) is 14.0. The van der Waals surface area contributed by atoms with Crippen LogP contribution in [0, 0.1) is 5.92 Å². The molecule has 1 aliphatic rings. The van der Waals surface area contributed by atoms with Gasteiger partial charge in [0.2, 0.25) is 5.91 Å². The molecule has 1 heterocycles. The van der Waals surface area contributed by atoms with E-state index in [0.717, 1.165) is 5.56 Å². The lowest BCUT2D eigenvalue weighted by Gasteiger charge is -2.31. The monoisotopic (exact) mass is 396 g/mol. The molecule has 3 rings (SSSR count). The number of hydrogen-bond donors (Lipinski definition) is 1. The van der Waals surface area contributed by atoms with Crippen LogP contribution in [0.3, 0.4) is 0 Å². The topological polar surface area (TPSA) is 98.9 Å². The second-order valence-electron chi connectivity index (χ2n) is 6.96. The lowest BCUT2D eigenvalue weighted by molar-refractivity contribution is -0.137. The molecule has 1 fully saturated rings. The van der Waals surface area contributed by atoms with Crippen molar-refractivity contribution in [1.82, 2.24) is 4.90 Å². The molecule has 0 saturated carbocycles. The number of likely N-dealkylation sites (tertiary alicyclic amines) is 1. The summed E-state index contributed by atoms with van der Waals surface area (Å²) in [4.78, 5) is 37.3. The minimum atomic E-state index is -0.587. The molecule has 2 amide bonds. The highest BCUT2D eigenvalue weighted by atomic mass is 16.5. The van der Waals surface area contributed by atoms with E-state index in [2.05, 4.69) is 0 Å². The van der Waals surface area contributed by atoms with Gasteiger partial charge < -0.3 is 20.1 Å². The van der Waals surface area contributed by atoms with Crippen LogP contribution < -0.4 is 10.5 Å². The fraction of sp³-hybridized carbons (Fsp3) is 0.318. The molecule has 7 nitrogen and oxygen atoms in total. The Bertz CT molecular complexity index is 851. The highest BCUT2D eigenvalue weighted by Crippen LogP contribution is 2.17. The molecule has 0 spiro atoms. The third-order valence-corrected chi connectivity index (χ3v) is 4.84. The van der Waals surface area contributed by atoms with Crippen LogP contribution in [-0.2, 0) is 20.9 Å². The maximum absolute atomic E-state index is 12.3. The lowest BCUT2D eigenvalue weighted by Crippen LogP contribution is -2.45. The second kappa shape index (κ2) is 9.73. The maximum Gasteiger partial charge on any atom is 0.338 e. The molecular formula is C22H24N2O5. The Hall–Kier alpha value is -3.35. The van der Waals surface area contributed by atoms with Crippen molar-refractivity contribution in [3.05, 3.63) is 65.7 Å². The molecule has 7 heteroatoms. The molecule has 2 N–H and O–H groups in total. The van der Waals surface area contributed by atoms with Gasteiger partial charge in [0, 0.05) is 13.1 Å². The summed E-state index contributed by atoms with van der Waals surface area (Å²) < 4.78 is 10.8. The van der Waals surface area contributed by atoms with Crippen LogP contribution in [0.5, 0.6) is 5.75 Å². The largest absolute Gasteiger partial charge is 0.489 e. The third-order valence-electron chi connectivity index (χ3n) is 4.84. The fourth-order valence-corrected chi connectivity index (χ4v) is 3.17. The van der Waals surface area contributed by atoms with E-state index in [-0.39, 0.29) is 25.0 Å². The number of nitrogens with zero attached hydrogens (tertiary/aromatic N) is 1. The van der Waals surface area contributed by atoms with Gasteiger partial charge in [0.15, 0.2) is 6.61 Å². The smallest absolute Gasteiger partial charge is 0.338 e. The number of esters is 1. The summed E-state index contributed by atoms with van der Waals surface area (Å²) in [6, 6.07) is 16.3. The highest BCUT2D eigenvalue weighted by molar-refractivity contribution is 5.91.